The molecule has 5 rings (SSSR count). The summed E-state index contributed by atoms with van der Waals surface area (Å²) in [5, 5.41) is 1.77. The van der Waals surface area contributed by atoms with Gasteiger partial charge in [0.1, 0.15) is 5.65 Å². The molecular formula is C20H12N4O2. The second-order valence-electron chi connectivity index (χ2n) is 6.02. The summed E-state index contributed by atoms with van der Waals surface area (Å²) in [5.41, 5.74) is 1.46. The van der Waals surface area contributed by atoms with Gasteiger partial charge in [0, 0.05) is 16.5 Å². The highest BCUT2D eigenvalue weighted by atomic mass is 16.2. The maximum Gasteiger partial charge on any atom is 0.349 e. The molecule has 0 saturated carbocycles. The van der Waals surface area contributed by atoms with Gasteiger partial charge in [0.15, 0.2) is 5.82 Å². The van der Waals surface area contributed by atoms with Crippen LogP contribution in [-0.2, 0) is 0 Å². The first-order valence-electron chi connectivity index (χ1n) is 8.12. The Morgan fingerprint density at radius 2 is 1.58 bits per heavy atom. The fourth-order valence-electron chi connectivity index (χ4n) is 3.24. The first-order chi connectivity index (χ1) is 12.7. The molecule has 26 heavy (non-hydrogen) atoms. The van der Waals surface area contributed by atoms with Crippen LogP contribution >= 0.6 is 0 Å². The second kappa shape index (κ2) is 5.35. The van der Waals surface area contributed by atoms with Crippen molar-refractivity contribution in [2.45, 2.75) is 0 Å². The van der Waals surface area contributed by atoms with E-state index in [4.69, 9.17) is 4.98 Å². The monoisotopic (exact) mass is 340 g/mol. The average molecular weight is 340 g/mol. The number of pyridine rings is 2. The average Bonchev–Trinajstić information content (AvgIpc) is 2.66. The fourth-order valence-corrected chi connectivity index (χ4v) is 3.24. The maximum absolute atomic E-state index is 12.4. The van der Waals surface area contributed by atoms with Crippen LogP contribution in [0.5, 0.6) is 0 Å². The highest BCUT2D eigenvalue weighted by molar-refractivity contribution is 5.94. The fraction of sp³-hybridized carbons (Fsp3) is 0. The van der Waals surface area contributed by atoms with Crippen molar-refractivity contribution in [1.29, 1.82) is 0 Å². The van der Waals surface area contributed by atoms with Crippen LogP contribution in [0.15, 0.2) is 76.3 Å². The summed E-state index contributed by atoms with van der Waals surface area (Å²) >= 11 is 0. The van der Waals surface area contributed by atoms with Gasteiger partial charge >= 0.3 is 5.69 Å². The molecule has 0 radical (unpaired) electrons. The molecule has 1 aromatic heterocycles. The number of H-pyrrole nitrogens is 1. The Kier molecular flexibility index (Phi) is 2.99. The van der Waals surface area contributed by atoms with Gasteiger partial charge in [-0.3, -0.25) is 14.3 Å². The highest BCUT2D eigenvalue weighted by Crippen LogP contribution is 2.28. The van der Waals surface area contributed by atoms with Gasteiger partial charge in [0.25, 0.3) is 5.56 Å². The number of aromatic amines is 1. The van der Waals surface area contributed by atoms with E-state index in [2.05, 4.69) is 9.97 Å². The van der Waals surface area contributed by atoms with E-state index in [-0.39, 0.29) is 0 Å². The van der Waals surface area contributed by atoms with Crippen LogP contribution in [0.1, 0.15) is 0 Å². The van der Waals surface area contributed by atoms with Crippen LogP contribution in [0.4, 0.5) is 0 Å². The summed E-state index contributed by atoms with van der Waals surface area (Å²) in [7, 11) is 0. The van der Waals surface area contributed by atoms with E-state index in [9.17, 15) is 9.59 Å². The lowest BCUT2D eigenvalue weighted by atomic mass is 10.1. The molecule has 0 aliphatic carbocycles. The van der Waals surface area contributed by atoms with E-state index in [1.165, 1.54) is 0 Å². The molecule has 0 fully saturated rings. The van der Waals surface area contributed by atoms with Gasteiger partial charge in [-0.2, -0.15) is 4.98 Å². The van der Waals surface area contributed by atoms with Crippen molar-refractivity contribution in [1.82, 2.24) is 19.5 Å². The predicted molar refractivity (Wildman–Crippen MR) is 99.9 cm³/mol. The first-order valence-corrected chi connectivity index (χ1v) is 8.12. The smallest absolute Gasteiger partial charge is 0.278 e. The van der Waals surface area contributed by atoms with Crippen LogP contribution in [-0.4, -0.2) is 19.5 Å². The molecule has 2 aliphatic heterocycles. The first kappa shape index (κ1) is 14.5. The van der Waals surface area contributed by atoms with E-state index < -0.39 is 11.2 Å². The Balaban J connectivity index is 2.06. The van der Waals surface area contributed by atoms with Crippen LogP contribution in [0.3, 0.4) is 0 Å². The number of hydrogen-bond acceptors (Lipinski definition) is 4. The van der Waals surface area contributed by atoms with E-state index >= 15 is 0 Å². The third-order valence-electron chi connectivity index (χ3n) is 4.38. The Morgan fingerprint density at radius 1 is 0.808 bits per heavy atom. The van der Waals surface area contributed by atoms with Gasteiger partial charge in [-0.15, -0.1) is 0 Å². The lowest BCUT2D eigenvalue weighted by Gasteiger charge is -2.17. The van der Waals surface area contributed by atoms with Crippen LogP contribution < -0.4 is 11.2 Å². The molecule has 6 nitrogen and oxygen atoms in total. The number of nitrogens with zero attached hydrogens (tertiary/aromatic N) is 3. The van der Waals surface area contributed by atoms with Crippen LogP contribution in [0.2, 0.25) is 0 Å². The van der Waals surface area contributed by atoms with Crippen molar-refractivity contribution >= 4 is 21.9 Å². The van der Waals surface area contributed by atoms with Gasteiger partial charge in [-0.05, 0) is 30.3 Å². The van der Waals surface area contributed by atoms with E-state index in [0.717, 1.165) is 22.0 Å². The lowest BCUT2D eigenvalue weighted by molar-refractivity contribution is 0.952. The maximum atomic E-state index is 12.4. The lowest BCUT2D eigenvalue weighted by Crippen LogP contribution is -2.27. The van der Waals surface area contributed by atoms with Gasteiger partial charge < -0.3 is 0 Å². The topological polar surface area (TPSA) is 80.6 Å². The number of hydrogen-bond donors (Lipinski definition) is 1. The van der Waals surface area contributed by atoms with Crippen LogP contribution in [0.25, 0.3) is 39.0 Å². The number of para-hydroxylation sites is 2. The zero-order valence-corrected chi connectivity index (χ0v) is 13.5. The van der Waals surface area contributed by atoms with Gasteiger partial charge in [0.2, 0.25) is 0 Å². The molecule has 0 amide bonds. The number of benzene rings is 2. The largest absolute Gasteiger partial charge is 0.349 e. The standard InChI is InChI=1S/C20H12N4O2/c25-19-15-11-13-10-12-6-4-5-9-16(12)21-17(13)24(14-7-2-1-3-8-14)18(15)22-20(26)23-19/h1-11H,(H,23,25,26). The van der Waals surface area contributed by atoms with Crippen molar-refractivity contribution in [3.63, 3.8) is 0 Å². The molecule has 0 spiro atoms. The van der Waals surface area contributed by atoms with Gasteiger partial charge in [0.05, 0.1) is 11.1 Å². The molecule has 2 aromatic carbocycles. The van der Waals surface area contributed by atoms with Gasteiger partial charge in [-0.1, -0.05) is 36.4 Å². The molecule has 3 heterocycles. The van der Waals surface area contributed by atoms with Crippen LogP contribution in [0, 0.1) is 0 Å². The van der Waals surface area contributed by atoms with E-state index in [0.29, 0.717) is 17.0 Å². The summed E-state index contributed by atoms with van der Waals surface area (Å²) in [6, 6.07) is 21.0. The summed E-state index contributed by atoms with van der Waals surface area (Å²) in [5.74, 6) is 0.292. The number of aromatic nitrogens is 4. The number of nitrogens with one attached hydrogen (secondary N) is 1. The van der Waals surface area contributed by atoms with Crippen molar-refractivity contribution in [3.05, 3.63) is 87.6 Å². The summed E-state index contributed by atoms with van der Waals surface area (Å²) in [6.45, 7) is 0. The predicted octanol–water partition coefficient (Wildman–Crippen LogP) is 2.73. The third kappa shape index (κ3) is 2.12. The molecule has 0 saturated heterocycles. The van der Waals surface area contributed by atoms with Crippen molar-refractivity contribution < 1.29 is 0 Å². The highest BCUT2D eigenvalue weighted by Gasteiger charge is 2.19. The van der Waals surface area contributed by atoms with Gasteiger partial charge in [-0.25, -0.2) is 9.78 Å². The minimum absolute atomic E-state index is 0.292. The number of rotatable bonds is 1. The zero-order chi connectivity index (χ0) is 17.7. The minimum Gasteiger partial charge on any atom is -0.278 e. The normalized spacial score (nSPS) is 11.4. The quantitative estimate of drug-likeness (QED) is 0.476. The van der Waals surface area contributed by atoms with E-state index in [1.807, 2.05) is 60.7 Å². The molecule has 0 unspecified atom stereocenters. The SMILES string of the molecule is O=c1nc2n(-c3ccccc3)c3nc4ccccc4cc3cc-2c(=O)[nH]1. The van der Waals surface area contributed by atoms with E-state index in [1.54, 1.807) is 10.6 Å². The molecular weight excluding hydrogens is 328 g/mol. The zero-order valence-electron chi connectivity index (χ0n) is 13.5. The molecule has 1 N–H and O–H groups in total. The minimum atomic E-state index is -0.674. The van der Waals surface area contributed by atoms with Crippen molar-refractivity contribution in [2.75, 3.05) is 0 Å². The molecule has 3 aromatic rings. The number of fused-ring (bicyclic) bond motifs is 3. The second-order valence-corrected chi connectivity index (χ2v) is 6.02. The van der Waals surface area contributed by atoms with Crippen molar-refractivity contribution in [3.8, 4) is 17.1 Å². The summed E-state index contributed by atoms with van der Waals surface area (Å²) in [4.78, 5) is 35.3. The summed E-state index contributed by atoms with van der Waals surface area (Å²) in [6.07, 6.45) is 0. The third-order valence-corrected chi connectivity index (χ3v) is 4.38. The Morgan fingerprint density at radius 3 is 2.42 bits per heavy atom. The Labute approximate surface area is 146 Å². The Bertz CT molecular complexity index is 1370. The molecule has 6 heteroatoms. The van der Waals surface area contributed by atoms with Crippen molar-refractivity contribution in [2.24, 2.45) is 0 Å². The summed E-state index contributed by atoms with van der Waals surface area (Å²) < 4.78 is 1.76. The molecule has 0 atom stereocenters. The molecule has 124 valence electrons. The molecule has 0 bridgehead atoms. The molecule has 2 aliphatic rings. The Hall–Kier alpha value is -3.80.